The van der Waals surface area contributed by atoms with Crippen molar-refractivity contribution in [3.63, 3.8) is 0 Å². The minimum atomic E-state index is -2.27. The zero-order chi connectivity index (χ0) is 10.9. The van der Waals surface area contributed by atoms with Gasteiger partial charge in [0.1, 0.15) is 0 Å². The summed E-state index contributed by atoms with van der Waals surface area (Å²) in [5.74, 6) is 0. The molecule has 0 radical (unpaired) electrons. The second kappa shape index (κ2) is 3.89. The molecule has 82 valence electrons. The summed E-state index contributed by atoms with van der Waals surface area (Å²) in [5, 5.41) is 0. The van der Waals surface area contributed by atoms with Gasteiger partial charge in [-0.05, 0) is 30.4 Å². The van der Waals surface area contributed by atoms with Gasteiger partial charge in [0.2, 0.25) is 6.43 Å². The molecule has 0 heterocycles. The first-order valence-corrected chi connectivity index (χ1v) is 5.22. The first-order valence-electron chi connectivity index (χ1n) is 5.22. The van der Waals surface area contributed by atoms with Crippen LogP contribution in [-0.2, 0) is 12.8 Å². The van der Waals surface area contributed by atoms with E-state index in [1.165, 1.54) is 0 Å². The third-order valence-electron chi connectivity index (χ3n) is 2.83. The predicted octanol–water partition coefficient (Wildman–Crippen LogP) is 2.53. The highest BCUT2D eigenvalue weighted by Crippen LogP contribution is 2.35. The maximum atomic E-state index is 12.2. The van der Waals surface area contributed by atoms with Crippen LogP contribution < -0.4 is 5.73 Å². The van der Waals surface area contributed by atoms with Gasteiger partial charge in [-0.2, -0.15) is 0 Å². The van der Waals surface area contributed by atoms with Crippen LogP contribution in [0.1, 0.15) is 24.0 Å². The SMILES string of the molecule is NC1(Cc2cccc(CC(F)F)c2)CC1. The van der Waals surface area contributed by atoms with Gasteiger partial charge in [0.15, 0.2) is 0 Å². The number of alkyl halides is 2. The van der Waals surface area contributed by atoms with Crippen molar-refractivity contribution in [1.29, 1.82) is 0 Å². The average Bonchev–Trinajstić information content (AvgIpc) is 2.82. The van der Waals surface area contributed by atoms with Gasteiger partial charge < -0.3 is 5.73 Å². The Morgan fingerprint density at radius 3 is 2.53 bits per heavy atom. The van der Waals surface area contributed by atoms with Crippen LogP contribution >= 0.6 is 0 Å². The summed E-state index contributed by atoms with van der Waals surface area (Å²) in [5.41, 5.74) is 7.71. The topological polar surface area (TPSA) is 26.0 Å². The Morgan fingerprint density at radius 1 is 1.27 bits per heavy atom. The van der Waals surface area contributed by atoms with Crippen LogP contribution in [0.2, 0.25) is 0 Å². The molecule has 2 N–H and O–H groups in total. The average molecular weight is 211 g/mol. The Bertz CT molecular complexity index is 345. The Labute approximate surface area is 88.3 Å². The van der Waals surface area contributed by atoms with Crippen molar-refractivity contribution in [2.75, 3.05) is 0 Å². The minimum absolute atomic E-state index is 0.0521. The summed E-state index contributed by atoms with van der Waals surface area (Å²) in [4.78, 5) is 0. The number of benzene rings is 1. The summed E-state index contributed by atoms with van der Waals surface area (Å²) in [6, 6.07) is 7.38. The first-order chi connectivity index (χ1) is 7.07. The van der Waals surface area contributed by atoms with Gasteiger partial charge in [-0.15, -0.1) is 0 Å². The van der Waals surface area contributed by atoms with Gasteiger partial charge in [-0.25, -0.2) is 8.78 Å². The van der Waals surface area contributed by atoms with Crippen molar-refractivity contribution in [2.24, 2.45) is 5.73 Å². The number of nitrogens with two attached hydrogens (primary N) is 1. The summed E-state index contributed by atoms with van der Waals surface area (Å²) in [6.07, 6.45) is 0.473. The Kier molecular flexibility index (Phi) is 2.74. The third-order valence-corrected chi connectivity index (χ3v) is 2.83. The van der Waals surface area contributed by atoms with E-state index < -0.39 is 6.43 Å². The van der Waals surface area contributed by atoms with Gasteiger partial charge in [0, 0.05) is 12.0 Å². The lowest BCUT2D eigenvalue weighted by Gasteiger charge is -2.09. The monoisotopic (exact) mass is 211 g/mol. The van der Waals surface area contributed by atoms with E-state index >= 15 is 0 Å². The van der Waals surface area contributed by atoms with Crippen LogP contribution in [0.3, 0.4) is 0 Å². The van der Waals surface area contributed by atoms with Gasteiger partial charge in [-0.3, -0.25) is 0 Å². The zero-order valence-corrected chi connectivity index (χ0v) is 8.55. The fraction of sp³-hybridized carbons (Fsp3) is 0.500. The van der Waals surface area contributed by atoms with Gasteiger partial charge in [0.05, 0.1) is 0 Å². The molecule has 1 aromatic rings. The smallest absolute Gasteiger partial charge is 0.242 e. The van der Waals surface area contributed by atoms with E-state index in [2.05, 4.69) is 0 Å². The molecule has 15 heavy (non-hydrogen) atoms. The molecule has 1 saturated carbocycles. The molecule has 0 bridgehead atoms. The molecular weight excluding hydrogens is 196 g/mol. The molecule has 1 nitrogen and oxygen atoms in total. The normalized spacial score (nSPS) is 18.1. The van der Waals surface area contributed by atoms with E-state index in [4.69, 9.17) is 5.73 Å². The standard InChI is InChI=1S/C12H15F2N/c13-11(14)7-9-2-1-3-10(6-9)8-12(15)4-5-12/h1-3,6,11H,4-5,7-8,15H2. The Hall–Kier alpha value is -0.960. The van der Waals surface area contributed by atoms with Crippen LogP contribution in [0.4, 0.5) is 8.78 Å². The van der Waals surface area contributed by atoms with Crippen LogP contribution in [0.5, 0.6) is 0 Å². The lowest BCUT2D eigenvalue weighted by atomic mass is 10.0. The Balaban J connectivity index is 2.05. The van der Waals surface area contributed by atoms with Crippen LogP contribution in [-0.4, -0.2) is 12.0 Å². The fourth-order valence-electron chi connectivity index (χ4n) is 1.79. The van der Waals surface area contributed by atoms with E-state index in [0.29, 0.717) is 5.56 Å². The molecular formula is C12H15F2N. The van der Waals surface area contributed by atoms with Crippen molar-refractivity contribution in [2.45, 2.75) is 37.6 Å². The molecule has 0 atom stereocenters. The zero-order valence-electron chi connectivity index (χ0n) is 8.55. The molecule has 1 fully saturated rings. The molecule has 1 aliphatic carbocycles. The summed E-state index contributed by atoms with van der Waals surface area (Å²) < 4.78 is 24.4. The quantitative estimate of drug-likeness (QED) is 0.813. The highest BCUT2D eigenvalue weighted by Gasteiger charge is 2.37. The van der Waals surface area contributed by atoms with Crippen LogP contribution in [0.25, 0.3) is 0 Å². The molecule has 3 heteroatoms. The van der Waals surface area contributed by atoms with Gasteiger partial charge >= 0.3 is 0 Å². The van der Waals surface area contributed by atoms with Crippen molar-refractivity contribution < 1.29 is 8.78 Å². The van der Waals surface area contributed by atoms with Crippen LogP contribution in [0, 0.1) is 0 Å². The maximum absolute atomic E-state index is 12.2. The third kappa shape index (κ3) is 2.99. The van der Waals surface area contributed by atoms with E-state index in [9.17, 15) is 8.78 Å². The fourth-order valence-corrected chi connectivity index (χ4v) is 1.79. The highest BCUT2D eigenvalue weighted by molar-refractivity contribution is 5.27. The van der Waals surface area contributed by atoms with Crippen molar-refractivity contribution in [3.05, 3.63) is 35.4 Å². The van der Waals surface area contributed by atoms with Crippen LogP contribution in [0.15, 0.2) is 24.3 Å². The van der Waals surface area contributed by atoms with E-state index in [1.807, 2.05) is 18.2 Å². The number of hydrogen-bond acceptors (Lipinski definition) is 1. The summed E-state index contributed by atoms with van der Waals surface area (Å²) in [7, 11) is 0. The lowest BCUT2D eigenvalue weighted by molar-refractivity contribution is 0.149. The molecule has 1 aromatic carbocycles. The van der Waals surface area contributed by atoms with E-state index in [1.54, 1.807) is 6.07 Å². The highest BCUT2D eigenvalue weighted by atomic mass is 19.3. The second-order valence-electron chi connectivity index (χ2n) is 4.45. The van der Waals surface area contributed by atoms with Gasteiger partial charge in [0.25, 0.3) is 0 Å². The second-order valence-corrected chi connectivity index (χ2v) is 4.45. The van der Waals surface area contributed by atoms with Crippen molar-refractivity contribution in [3.8, 4) is 0 Å². The number of halogens is 2. The van der Waals surface area contributed by atoms with Gasteiger partial charge in [-0.1, -0.05) is 24.3 Å². The van der Waals surface area contributed by atoms with E-state index in [0.717, 1.165) is 24.8 Å². The molecule has 0 amide bonds. The summed E-state index contributed by atoms with van der Waals surface area (Å²) in [6.45, 7) is 0. The number of rotatable bonds is 4. The Morgan fingerprint density at radius 2 is 1.93 bits per heavy atom. The molecule has 0 unspecified atom stereocenters. The molecule has 0 aromatic heterocycles. The van der Waals surface area contributed by atoms with Crippen molar-refractivity contribution in [1.82, 2.24) is 0 Å². The molecule has 0 spiro atoms. The minimum Gasteiger partial charge on any atom is -0.325 e. The molecule has 2 rings (SSSR count). The molecule has 0 saturated heterocycles. The first kappa shape index (κ1) is 10.6. The number of hydrogen-bond donors (Lipinski definition) is 1. The molecule has 0 aliphatic heterocycles. The van der Waals surface area contributed by atoms with E-state index in [-0.39, 0.29) is 12.0 Å². The molecule has 1 aliphatic rings. The summed E-state index contributed by atoms with van der Waals surface area (Å²) >= 11 is 0. The van der Waals surface area contributed by atoms with Crippen molar-refractivity contribution >= 4 is 0 Å². The largest absolute Gasteiger partial charge is 0.325 e. The maximum Gasteiger partial charge on any atom is 0.242 e. The lowest BCUT2D eigenvalue weighted by Crippen LogP contribution is -2.24. The predicted molar refractivity (Wildman–Crippen MR) is 56.0 cm³/mol.